The molecule has 0 radical (unpaired) electrons. The van der Waals surface area contributed by atoms with Gasteiger partial charge in [-0.05, 0) is 17.7 Å². The van der Waals surface area contributed by atoms with E-state index in [0.29, 0.717) is 6.54 Å². The van der Waals surface area contributed by atoms with Crippen molar-refractivity contribution in [3.8, 4) is 11.4 Å². The molecule has 0 fully saturated rings. The summed E-state index contributed by atoms with van der Waals surface area (Å²) in [6.07, 6.45) is 0. The quantitative estimate of drug-likeness (QED) is 0.762. The van der Waals surface area contributed by atoms with E-state index in [2.05, 4.69) is 15.0 Å². The molecule has 0 bridgehead atoms. The highest BCUT2D eigenvalue weighted by atomic mass is 15.1. The molecule has 0 saturated carbocycles. The van der Waals surface area contributed by atoms with Crippen molar-refractivity contribution in [2.45, 2.75) is 6.54 Å². The van der Waals surface area contributed by atoms with Crippen LogP contribution < -0.4 is 10.6 Å². The lowest BCUT2D eigenvalue weighted by molar-refractivity contribution is 1.07. The summed E-state index contributed by atoms with van der Waals surface area (Å²) in [4.78, 5) is 14.3. The van der Waals surface area contributed by atoms with Crippen molar-refractivity contribution in [2.75, 3.05) is 19.0 Å². The molecule has 2 aromatic heterocycles. The SMILES string of the molecule is CN(C)c1ccc2[nH]c(-c3ccc(CN)cc3)nc2n1. The Kier molecular flexibility index (Phi) is 3.12. The predicted molar refractivity (Wildman–Crippen MR) is 81.5 cm³/mol. The predicted octanol–water partition coefficient (Wildman–Crippen LogP) is 2.15. The van der Waals surface area contributed by atoms with Gasteiger partial charge in [0, 0.05) is 26.2 Å². The number of fused-ring (bicyclic) bond motifs is 1. The minimum absolute atomic E-state index is 0.550. The van der Waals surface area contributed by atoms with E-state index in [1.807, 2.05) is 55.4 Å². The van der Waals surface area contributed by atoms with E-state index in [4.69, 9.17) is 5.73 Å². The topological polar surface area (TPSA) is 70.8 Å². The first-order chi connectivity index (χ1) is 9.67. The van der Waals surface area contributed by atoms with Gasteiger partial charge in [0.25, 0.3) is 0 Å². The van der Waals surface area contributed by atoms with Gasteiger partial charge in [0.2, 0.25) is 0 Å². The van der Waals surface area contributed by atoms with Crippen LogP contribution in [0.1, 0.15) is 5.56 Å². The fraction of sp³-hybridized carbons (Fsp3) is 0.200. The smallest absolute Gasteiger partial charge is 0.180 e. The number of imidazole rings is 1. The van der Waals surface area contributed by atoms with Crippen molar-refractivity contribution in [1.29, 1.82) is 0 Å². The summed E-state index contributed by atoms with van der Waals surface area (Å²) in [5.41, 5.74) is 9.42. The van der Waals surface area contributed by atoms with E-state index in [1.54, 1.807) is 0 Å². The van der Waals surface area contributed by atoms with Gasteiger partial charge in [-0.25, -0.2) is 9.97 Å². The molecule has 0 saturated heterocycles. The lowest BCUT2D eigenvalue weighted by Gasteiger charge is -2.09. The van der Waals surface area contributed by atoms with Gasteiger partial charge >= 0.3 is 0 Å². The number of nitrogens with two attached hydrogens (primary N) is 1. The lowest BCUT2D eigenvalue weighted by atomic mass is 10.1. The number of rotatable bonds is 3. The molecular formula is C15H17N5. The van der Waals surface area contributed by atoms with Crippen molar-refractivity contribution in [3.63, 3.8) is 0 Å². The maximum Gasteiger partial charge on any atom is 0.180 e. The monoisotopic (exact) mass is 267 g/mol. The molecule has 1 aromatic carbocycles. The van der Waals surface area contributed by atoms with Crippen LogP contribution in [0.25, 0.3) is 22.6 Å². The van der Waals surface area contributed by atoms with Crippen molar-refractivity contribution < 1.29 is 0 Å². The van der Waals surface area contributed by atoms with Crippen molar-refractivity contribution in [3.05, 3.63) is 42.0 Å². The van der Waals surface area contributed by atoms with Gasteiger partial charge in [-0.3, -0.25) is 0 Å². The maximum absolute atomic E-state index is 5.61. The maximum atomic E-state index is 5.61. The number of pyridine rings is 1. The highest BCUT2D eigenvalue weighted by Gasteiger charge is 2.07. The standard InChI is InChI=1S/C15H17N5/c1-20(2)13-8-7-12-15(18-13)19-14(17-12)11-5-3-10(9-16)4-6-11/h3-8H,9,16H2,1-2H3,(H,17,18,19). The molecular weight excluding hydrogens is 250 g/mol. The molecule has 3 aromatic rings. The van der Waals surface area contributed by atoms with Crippen LogP contribution in [0.15, 0.2) is 36.4 Å². The molecule has 5 heteroatoms. The molecule has 0 unspecified atom stereocenters. The van der Waals surface area contributed by atoms with Crippen LogP contribution in [0.2, 0.25) is 0 Å². The molecule has 0 aliphatic heterocycles. The minimum atomic E-state index is 0.550. The summed E-state index contributed by atoms with van der Waals surface area (Å²) < 4.78 is 0. The summed E-state index contributed by atoms with van der Waals surface area (Å²) in [6, 6.07) is 12.0. The molecule has 0 atom stereocenters. The molecule has 5 nitrogen and oxygen atoms in total. The van der Waals surface area contributed by atoms with E-state index in [1.165, 1.54) is 0 Å². The van der Waals surface area contributed by atoms with Gasteiger partial charge in [0.05, 0.1) is 5.52 Å². The Morgan fingerprint density at radius 3 is 2.45 bits per heavy atom. The normalized spacial score (nSPS) is 10.9. The minimum Gasteiger partial charge on any atom is -0.363 e. The lowest BCUT2D eigenvalue weighted by Crippen LogP contribution is -2.10. The van der Waals surface area contributed by atoms with Crippen molar-refractivity contribution in [2.24, 2.45) is 5.73 Å². The Hall–Kier alpha value is -2.40. The first-order valence-corrected chi connectivity index (χ1v) is 6.51. The van der Waals surface area contributed by atoms with Crippen molar-refractivity contribution in [1.82, 2.24) is 15.0 Å². The van der Waals surface area contributed by atoms with Crippen LogP contribution in [0.4, 0.5) is 5.82 Å². The van der Waals surface area contributed by atoms with Crippen LogP contribution in [-0.4, -0.2) is 29.0 Å². The van der Waals surface area contributed by atoms with Crippen LogP contribution >= 0.6 is 0 Å². The first kappa shape index (κ1) is 12.6. The zero-order valence-electron chi connectivity index (χ0n) is 11.6. The second-order valence-corrected chi connectivity index (χ2v) is 4.92. The van der Waals surface area contributed by atoms with Gasteiger partial charge in [-0.15, -0.1) is 0 Å². The number of hydrogen-bond donors (Lipinski definition) is 2. The molecule has 0 aliphatic rings. The fourth-order valence-corrected chi connectivity index (χ4v) is 2.07. The summed E-state index contributed by atoms with van der Waals surface area (Å²) in [7, 11) is 3.93. The average molecular weight is 267 g/mol. The molecule has 0 spiro atoms. The van der Waals surface area contributed by atoms with Gasteiger partial charge in [-0.2, -0.15) is 0 Å². The summed E-state index contributed by atoms with van der Waals surface area (Å²) in [6.45, 7) is 0.550. The van der Waals surface area contributed by atoms with E-state index in [0.717, 1.165) is 33.9 Å². The zero-order valence-corrected chi connectivity index (χ0v) is 11.6. The number of aromatic nitrogens is 3. The summed E-state index contributed by atoms with van der Waals surface area (Å²) in [5.74, 6) is 1.72. The van der Waals surface area contributed by atoms with Crippen LogP contribution in [0.5, 0.6) is 0 Å². The summed E-state index contributed by atoms with van der Waals surface area (Å²) >= 11 is 0. The van der Waals surface area contributed by atoms with Crippen LogP contribution in [0.3, 0.4) is 0 Å². The van der Waals surface area contributed by atoms with E-state index in [-0.39, 0.29) is 0 Å². The Morgan fingerprint density at radius 2 is 1.80 bits per heavy atom. The number of hydrogen-bond acceptors (Lipinski definition) is 4. The third kappa shape index (κ3) is 2.23. The average Bonchev–Trinajstić information content (AvgIpc) is 2.90. The Labute approximate surface area is 117 Å². The number of nitrogens with zero attached hydrogens (tertiary/aromatic N) is 3. The van der Waals surface area contributed by atoms with Gasteiger partial charge in [0.1, 0.15) is 11.6 Å². The molecule has 2 heterocycles. The van der Waals surface area contributed by atoms with E-state index >= 15 is 0 Å². The fourth-order valence-electron chi connectivity index (χ4n) is 2.07. The highest BCUT2D eigenvalue weighted by Crippen LogP contribution is 2.21. The first-order valence-electron chi connectivity index (χ1n) is 6.51. The Bertz CT molecular complexity index is 728. The Morgan fingerprint density at radius 1 is 1.05 bits per heavy atom. The number of H-pyrrole nitrogens is 1. The van der Waals surface area contributed by atoms with E-state index < -0.39 is 0 Å². The van der Waals surface area contributed by atoms with Crippen molar-refractivity contribution >= 4 is 17.0 Å². The van der Waals surface area contributed by atoms with Crippen LogP contribution in [0, 0.1) is 0 Å². The van der Waals surface area contributed by atoms with E-state index in [9.17, 15) is 0 Å². The molecule has 0 amide bonds. The van der Waals surface area contributed by atoms with Gasteiger partial charge in [0.15, 0.2) is 5.65 Å². The molecule has 3 rings (SSSR count). The molecule has 102 valence electrons. The largest absolute Gasteiger partial charge is 0.363 e. The number of benzene rings is 1. The Balaban J connectivity index is 2.03. The third-order valence-corrected chi connectivity index (χ3v) is 3.25. The van der Waals surface area contributed by atoms with Crippen LogP contribution in [-0.2, 0) is 6.54 Å². The van der Waals surface area contributed by atoms with Gasteiger partial charge < -0.3 is 15.6 Å². The second-order valence-electron chi connectivity index (χ2n) is 4.92. The molecule has 20 heavy (non-hydrogen) atoms. The number of aromatic amines is 1. The summed E-state index contributed by atoms with van der Waals surface area (Å²) in [5, 5.41) is 0. The number of anilines is 1. The second kappa shape index (κ2) is 4.94. The van der Waals surface area contributed by atoms with Gasteiger partial charge in [-0.1, -0.05) is 24.3 Å². The molecule has 3 N–H and O–H groups in total. The molecule has 0 aliphatic carbocycles. The highest BCUT2D eigenvalue weighted by molar-refractivity contribution is 5.77. The zero-order chi connectivity index (χ0) is 14.1. The third-order valence-electron chi connectivity index (χ3n) is 3.25. The number of nitrogens with one attached hydrogen (secondary N) is 1.